The van der Waals surface area contributed by atoms with Gasteiger partial charge in [-0.25, -0.2) is 0 Å². The van der Waals surface area contributed by atoms with Crippen LogP contribution < -0.4 is 10.6 Å². The highest BCUT2D eigenvalue weighted by molar-refractivity contribution is 5.78. The van der Waals surface area contributed by atoms with Gasteiger partial charge in [-0.15, -0.1) is 0 Å². The van der Waals surface area contributed by atoms with E-state index < -0.39 is 0 Å². The molecule has 3 unspecified atom stereocenters. The molecule has 1 fully saturated rings. The third-order valence-corrected chi connectivity index (χ3v) is 3.95. The number of carbonyl (C=O) groups is 1. The van der Waals surface area contributed by atoms with E-state index in [0.29, 0.717) is 24.5 Å². The summed E-state index contributed by atoms with van der Waals surface area (Å²) in [4.78, 5) is 14.2. The highest BCUT2D eigenvalue weighted by Gasteiger charge is 2.26. The largest absolute Gasteiger partial charge is 0.353 e. The van der Waals surface area contributed by atoms with Gasteiger partial charge in [0.1, 0.15) is 0 Å². The predicted molar refractivity (Wildman–Crippen MR) is 80.2 cm³/mol. The predicted octanol–water partition coefficient (Wildman–Crippen LogP) is 1.61. The molecule has 0 saturated carbocycles. The van der Waals surface area contributed by atoms with Gasteiger partial charge in [-0.05, 0) is 32.2 Å². The monoisotopic (exact) mass is 269 g/mol. The summed E-state index contributed by atoms with van der Waals surface area (Å²) >= 11 is 0. The minimum Gasteiger partial charge on any atom is -0.353 e. The molecule has 2 N–H and O–H groups in total. The van der Waals surface area contributed by atoms with Crippen LogP contribution in [0.25, 0.3) is 0 Å². The van der Waals surface area contributed by atoms with Crippen molar-refractivity contribution in [1.29, 1.82) is 0 Å². The molecule has 3 atom stereocenters. The van der Waals surface area contributed by atoms with E-state index in [1.165, 1.54) is 0 Å². The Morgan fingerprint density at radius 3 is 2.74 bits per heavy atom. The Balaban J connectivity index is 2.29. The summed E-state index contributed by atoms with van der Waals surface area (Å²) in [5.74, 6) is 0.796. The number of nitrogens with one attached hydrogen (secondary N) is 2. The lowest BCUT2D eigenvalue weighted by atomic mass is 9.94. The lowest BCUT2D eigenvalue weighted by Crippen LogP contribution is -2.51. The van der Waals surface area contributed by atoms with Crippen LogP contribution in [0.5, 0.6) is 0 Å². The number of likely N-dealkylation sites (tertiary alicyclic amines) is 1. The normalized spacial score (nSPS) is 26.1. The maximum Gasteiger partial charge on any atom is 0.234 e. The highest BCUT2D eigenvalue weighted by Crippen LogP contribution is 2.16. The summed E-state index contributed by atoms with van der Waals surface area (Å²) in [5, 5.41) is 6.61. The topological polar surface area (TPSA) is 44.4 Å². The first-order valence-electron chi connectivity index (χ1n) is 7.81. The van der Waals surface area contributed by atoms with Gasteiger partial charge in [0.25, 0.3) is 0 Å². The maximum atomic E-state index is 11.9. The zero-order valence-electron chi connectivity index (χ0n) is 13.0. The van der Waals surface area contributed by atoms with Crippen LogP contribution in [-0.4, -0.2) is 49.1 Å². The zero-order chi connectivity index (χ0) is 14.3. The second-order valence-corrected chi connectivity index (χ2v) is 5.92. The highest BCUT2D eigenvalue weighted by atomic mass is 16.2. The summed E-state index contributed by atoms with van der Waals surface area (Å²) < 4.78 is 0. The van der Waals surface area contributed by atoms with Crippen LogP contribution in [0, 0.1) is 5.92 Å². The molecule has 1 aliphatic rings. The van der Waals surface area contributed by atoms with Gasteiger partial charge in [0.15, 0.2) is 0 Å². The van der Waals surface area contributed by atoms with Gasteiger partial charge in [-0.3, -0.25) is 9.69 Å². The molecule has 1 heterocycles. The molecule has 1 saturated heterocycles. The van der Waals surface area contributed by atoms with Crippen molar-refractivity contribution in [2.24, 2.45) is 5.92 Å². The van der Waals surface area contributed by atoms with Crippen LogP contribution >= 0.6 is 0 Å². The number of nitrogens with zero attached hydrogens (tertiary/aromatic N) is 1. The van der Waals surface area contributed by atoms with Crippen LogP contribution in [-0.2, 0) is 4.79 Å². The van der Waals surface area contributed by atoms with E-state index in [-0.39, 0.29) is 5.91 Å². The van der Waals surface area contributed by atoms with Crippen LogP contribution in [0.2, 0.25) is 0 Å². The molecule has 0 aromatic rings. The third kappa shape index (κ3) is 5.91. The van der Waals surface area contributed by atoms with E-state index in [0.717, 1.165) is 38.9 Å². The number of rotatable bonds is 7. The standard InChI is InChI=1S/C15H31N3O/c1-5-7-13(4)17-15(19)11-18-9-8-14(16-6-2)12(3)10-18/h12-14,16H,5-11H2,1-4H3,(H,17,19). The Labute approximate surface area is 118 Å². The number of hydrogen-bond donors (Lipinski definition) is 2. The lowest BCUT2D eigenvalue weighted by molar-refractivity contribution is -0.123. The Hall–Kier alpha value is -0.610. The fraction of sp³-hybridized carbons (Fsp3) is 0.933. The average molecular weight is 269 g/mol. The van der Waals surface area contributed by atoms with Crippen LogP contribution in [0.1, 0.15) is 47.0 Å². The smallest absolute Gasteiger partial charge is 0.234 e. The fourth-order valence-electron chi connectivity index (χ4n) is 2.97. The molecule has 0 bridgehead atoms. The minimum absolute atomic E-state index is 0.176. The van der Waals surface area contributed by atoms with Crippen LogP contribution in [0.15, 0.2) is 0 Å². The van der Waals surface area contributed by atoms with Crippen molar-refractivity contribution in [3.63, 3.8) is 0 Å². The Kier molecular flexibility index (Phi) is 7.39. The van der Waals surface area contributed by atoms with Gasteiger partial charge >= 0.3 is 0 Å². The van der Waals surface area contributed by atoms with Gasteiger partial charge in [0.05, 0.1) is 6.54 Å². The molecule has 0 aromatic heterocycles. The molecular formula is C15H31N3O. The van der Waals surface area contributed by atoms with Gasteiger partial charge in [-0.2, -0.15) is 0 Å². The molecule has 4 nitrogen and oxygen atoms in total. The van der Waals surface area contributed by atoms with Gasteiger partial charge in [0, 0.05) is 25.2 Å². The zero-order valence-corrected chi connectivity index (χ0v) is 13.0. The summed E-state index contributed by atoms with van der Waals surface area (Å²) in [6, 6.07) is 0.914. The van der Waals surface area contributed by atoms with Crippen molar-refractivity contribution in [3.05, 3.63) is 0 Å². The summed E-state index contributed by atoms with van der Waals surface area (Å²) in [5.41, 5.74) is 0. The summed E-state index contributed by atoms with van der Waals surface area (Å²) in [6.45, 7) is 12.3. The van der Waals surface area contributed by atoms with Crippen molar-refractivity contribution in [1.82, 2.24) is 15.5 Å². The molecule has 0 aromatic carbocycles. The quantitative estimate of drug-likeness (QED) is 0.738. The van der Waals surface area contributed by atoms with Crippen molar-refractivity contribution in [2.75, 3.05) is 26.2 Å². The van der Waals surface area contributed by atoms with Crippen molar-refractivity contribution < 1.29 is 4.79 Å². The number of hydrogen-bond acceptors (Lipinski definition) is 3. The third-order valence-electron chi connectivity index (χ3n) is 3.95. The SMILES string of the molecule is CCCC(C)NC(=O)CN1CCC(NCC)C(C)C1. The lowest BCUT2D eigenvalue weighted by Gasteiger charge is -2.37. The van der Waals surface area contributed by atoms with E-state index in [4.69, 9.17) is 0 Å². The average Bonchev–Trinajstić information content (AvgIpc) is 2.32. The van der Waals surface area contributed by atoms with Crippen LogP contribution in [0.3, 0.4) is 0 Å². The van der Waals surface area contributed by atoms with Crippen molar-refractivity contribution in [3.8, 4) is 0 Å². The molecule has 1 aliphatic heterocycles. The van der Waals surface area contributed by atoms with Crippen molar-refractivity contribution in [2.45, 2.75) is 59.0 Å². The first-order chi connectivity index (χ1) is 9.06. The van der Waals surface area contributed by atoms with E-state index in [1.54, 1.807) is 0 Å². The van der Waals surface area contributed by atoms with Gasteiger partial charge in [-0.1, -0.05) is 27.2 Å². The number of amides is 1. The van der Waals surface area contributed by atoms with Crippen molar-refractivity contribution >= 4 is 5.91 Å². The Morgan fingerprint density at radius 1 is 1.42 bits per heavy atom. The van der Waals surface area contributed by atoms with Gasteiger partial charge in [0.2, 0.25) is 5.91 Å². The second-order valence-electron chi connectivity index (χ2n) is 5.92. The first kappa shape index (κ1) is 16.4. The molecule has 1 rings (SSSR count). The molecule has 0 aliphatic carbocycles. The molecule has 112 valence electrons. The summed E-state index contributed by atoms with van der Waals surface area (Å²) in [6.07, 6.45) is 3.32. The Morgan fingerprint density at radius 2 is 2.16 bits per heavy atom. The Bertz CT molecular complexity index is 270. The minimum atomic E-state index is 0.176. The molecule has 19 heavy (non-hydrogen) atoms. The molecule has 0 radical (unpaired) electrons. The molecular weight excluding hydrogens is 238 g/mol. The molecule has 0 spiro atoms. The van der Waals surface area contributed by atoms with E-state index in [2.05, 4.69) is 43.2 Å². The maximum absolute atomic E-state index is 11.9. The van der Waals surface area contributed by atoms with Gasteiger partial charge < -0.3 is 10.6 Å². The first-order valence-corrected chi connectivity index (χ1v) is 7.81. The number of piperidine rings is 1. The molecule has 1 amide bonds. The number of carbonyl (C=O) groups excluding carboxylic acids is 1. The summed E-state index contributed by atoms with van der Waals surface area (Å²) in [7, 11) is 0. The molecule has 4 heteroatoms. The van der Waals surface area contributed by atoms with E-state index in [9.17, 15) is 4.79 Å². The van der Waals surface area contributed by atoms with Crippen LogP contribution in [0.4, 0.5) is 0 Å². The van der Waals surface area contributed by atoms with E-state index >= 15 is 0 Å². The van der Waals surface area contributed by atoms with E-state index in [1.807, 2.05) is 0 Å². The second kappa shape index (κ2) is 8.54. The fourth-order valence-corrected chi connectivity index (χ4v) is 2.97.